The van der Waals surface area contributed by atoms with Gasteiger partial charge in [0.2, 0.25) is 0 Å². The van der Waals surface area contributed by atoms with Crippen LogP contribution >= 0.6 is 0 Å². The Bertz CT molecular complexity index is 506. The summed E-state index contributed by atoms with van der Waals surface area (Å²) in [4.78, 5) is 24.5. The number of hydrogen-bond acceptors (Lipinski definition) is 3. The van der Waals surface area contributed by atoms with Crippen LogP contribution in [0.2, 0.25) is 0 Å². The van der Waals surface area contributed by atoms with E-state index in [0.717, 1.165) is 17.5 Å². The molecule has 1 saturated heterocycles. The van der Waals surface area contributed by atoms with Crippen molar-refractivity contribution >= 4 is 11.9 Å². The van der Waals surface area contributed by atoms with Crippen LogP contribution in [0.1, 0.15) is 24.0 Å². The predicted octanol–water partition coefficient (Wildman–Crippen LogP) is 1.76. The maximum Gasteiger partial charge on any atom is 0.326 e. The Morgan fingerprint density at radius 3 is 2.55 bits per heavy atom. The van der Waals surface area contributed by atoms with E-state index in [9.17, 15) is 9.59 Å². The molecule has 0 radical (unpaired) electrons. The molecule has 1 heterocycles. The smallest absolute Gasteiger partial charge is 0.326 e. The number of carbonyl (C=O) groups is 2. The van der Waals surface area contributed by atoms with E-state index >= 15 is 0 Å². The first-order valence-corrected chi connectivity index (χ1v) is 6.71. The molecule has 1 aromatic carbocycles. The topological polar surface area (TPSA) is 66.8 Å². The summed E-state index contributed by atoms with van der Waals surface area (Å²) in [5.74, 6) is -0.571. The van der Waals surface area contributed by atoms with E-state index in [1.807, 2.05) is 32.0 Å². The number of nitrogens with zero attached hydrogens (tertiary/aromatic N) is 1. The molecule has 0 saturated carbocycles. The van der Waals surface area contributed by atoms with Crippen LogP contribution in [0.15, 0.2) is 18.2 Å². The van der Waals surface area contributed by atoms with Gasteiger partial charge in [0.05, 0.1) is 0 Å². The lowest BCUT2D eigenvalue weighted by Crippen LogP contribution is -2.42. The third-order valence-electron chi connectivity index (χ3n) is 3.42. The summed E-state index contributed by atoms with van der Waals surface area (Å²) >= 11 is 0. The summed E-state index contributed by atoms with van der Waals surface area (Å²) in [5.41, 5.74) is 2.13. The van der Waals surface area contributed by atoms with E-state index in [2.05, 4.69) is 0 Å². The highest BCUT2D eigenvalue weighted by atomic mass is 16.5. The molecule has 1 aliphatic heterocycles. The molecule has 108 valence electrons. The maximum atomic E-state index is 12.0. The predicted molar refractivity (Wildman–Crippen MR) is 73.8 cm³/mol. The van der Waals surface area contributed by atoms with E-state index in [1.54, 1.807) is 0 Å². The Hall–Kier alpha value is -2.04. The summed E-state index contributed by atoms with van der Waals surface area (Å²) in [5, 5.41) is 9.06. The highest BCUT2D eigenvalue weighted by molar-refractivity contribution is 5.85. The summed E-state index contributed by atoms with van der Waals surface area (Å²) in [6.45, 7) is 4.30. The summed E-state index contributed by atoms with van der Waals surface area (Å²) in [7, 11) is 0. The lowest BCUT2D eigenvalue weighted by Gasteiger charge is -2.21. The third-order valence-corrected chi connectivity index (χ3v) is 3.42. The summed E-state index contributed by atoms with van der Waals surface area (Å²) in [6.07, 6.45) is 1.25. The van der Waals surface area contributed by atoms with Gasteiger partial charge in [-0.2, -0.15) is 0 Å². The first kappa shape index (κ1) is 14.4. The van der Waals surface area contributed by atoms with E-state index in [4.69, 9.17) is 9.84 Å². The van der Waals surface area contributed by atoms with Gasteiger partial charge in [-0.1, -0.05) is 6.07 Å². The zero-order chi connectivity index (χ0) is 14.7. The number of carboxylic acids is 1. The maximum absolute atomic E-state index is 12.0. The van der Waals surface area contributed by atoms with Gasteiger partial charge in [0.1, 0.15) is 11.8 Å². The van der Waals surface area contributed by atoms with Gasteiger partial charge in [-0.15, -0.1) is 0 Å². The second kappa shape index (κ2) is 5.94. The lowest BCUT2D eigenvalue weighted by atomic mass is 10.1. The second-order valence-corrected chi connectivity index (χ2v) is 5.20. The minimum absolute atomic E-state index is 0.118. The van der Waals surface area contributed by atoms with Gasteiger partial charge >= 0.3 is 5.97 Å². The van der Waals surface area contributed by atoms with Crippen molar-refractivity contribution in [1.82, 2.24) is 4.90 Å². The van der Waals surface area contributed by atoms with Crippen molar-refractivity contribution in [3.63, 3.8) is 0 Å². The molecule has 5 nitrogen and oxygen atoms in total. The standard InChI is InChI=1S/C15H19NO4/c1-10-6-11(2)8-12(7-10)20-9-14(17)16-5-3-4-13(16)15(18)19/h6-8,13H,3-5,9H2,1-2H3,(H,18,19)/t13-/m0/s1. The van der Waals surface area contributed by atoms with Gasteiger partial charge < -0.3 is 14.7 Å². The number of carboxylic acid groups (broad SMARTS) is 1. The molecular weight excluding hydrogens is 258 g/mol. The van der Waals surface area contributed by atoms with Crippen molar-refractivity contribution in [1.29, 1.82) is 0 Å². The number of aliphatic carboxylic acids is 1. The van der Waals surface area contributed by atoms with Gasteiger partial charge in [-0.3, -0.25) is 4.79 Å². The van der Waals surface area contributed by atoms with Crippen LogP contribution in [0.25, 0.3) is 0 Å². The van der Waals surface area contributed by atoms with Crippen molar-refractivity contribution in [3.05, 3.63) is 29.3 Å². The normalized spacial score (nSPS) is 18.1. The number of ether oxygens (including phenoxy) is 1. The molecule has 1 aromatic rings. The molecule has 2 rings (SSSR count). The van der Waals surface area contributed by atoms with E-state index in [1.165, 1.54) is 4.90 Å². The van der Waals surface area contributed by atoms with Gasteiger partial charge in [0.15, 0.2) is 6.61 Å². The SMILES string of the molecule is Cc1cc(C)cc(OCC(=O)N2CCC[C@H]2C(=O)O)c1. The first-order valence-electron chi connectivity index (χ1n) is 6.71. The fourth-order valence-corrected chi connectivity index (χ4v) is 2.57. The number of likely N-dealkylation sites (tertiary alicyclic amines) is 1. The van der Waals surface area contributed by atoms with Crippen LogP contribution in [-0.4, -0.2) is 41.1 Å². The molecule has 0 aromatic heterocycles. The molecule has 0 aliphatic carbocycles. The van der Waals surface area contributed by atoms with E-state index in [0.29, 0.717) is 18.7 Å². The van der Waals surface area contributed by atoms with Crippen molar-refractivity contribution in [2.45, 2.75) is 32.7 Å². The van der Waals surface area contributed by atoms with Crippen LogP contribution in [0.4, 0.5) is 0 Å². The average Bonchev–Trinajstić information content (AvgIpc) is 2.84. The van der Waals surface area contributed by atoms with Crippen molar-refractivity contribution in [2.24, 2.45) is 0 Å². The number of aryl methyl sites for hydroxylation is 2. The molecule has 0 spiro atoms. The van der Waals surface area contributed by atoms with Crippen molar-refractivity contribution < 1.29 is 19.4 Å². The molecular formula is C15H19NO4. The molecule has 0 unspecified atom stereocenters. The number of benzene rings is 1. The van der Waals surface area contributed by atoms with Gasteiger partial charge in [-0.25, -0.2) is 4.79 Å². The molecule has 1 aliphatic rings. The Morgan fingerprint density at radius 1 is 1.30 bits per heavy atom. The third kappa shape index (κ3) is 3.29. The number of carbonyl (C=O) groups excluding carboxylic acids is 1. The number of amides is 1. The van der Waals surface area contributed by atoms with Crippen molar-refractivity contribution in [3.8, 4) is 5.75 Å². The Labute approximate surface area is 118 Å². The quantitative estimate of drug-likeness (QED) is 0.910. The van der Waals surface area contributed by atoms with Crippen LogP contribution < -0.4 is 4.74 Å². The Kier molecular flexibility index (Phi) is 4.27. The molecule has 20 heavy (non-hydrogen) atoms. The highest BCUT2D eigenvalue weighted by Crippen LogP contribution is 2.19. The Morgan fingerprint density at radius 2 is 1.95 bits per heavy atom. The fraction of sp³-hybridized carbons (Fsp3) is 0.467. The largest absolute Gasteiger partial charge is 0.484 e. The van der Waals surface area contributed by atoms with E-state index in [-0.39, 0.29) is 12.5 Å². The van der Waals surface area contributed by atoms with Gasteiger partial charge in [-0.05, 0) is 49.9 Å². The van der Waals surface area contributed by atoms with Crippen LogP contribution in [0.3, 0.4) is 0 Å². The van der Waals surface area contributed by atoms with Crippen LogP contribution in [0.5, 0.6) is 5.75 Å². The second-order valence-electron chi connectivity index (χ2n) is 5.20. The summed E-state index contributed by atoms with van der Waals surface area (Å²) in [6, 6.07) is 5.04. The molecule has 1 fully saturated rings. The fourth-order valence-electron chi connectivity index (χ4n) is 2.57. The minimum Gasteiger partial charge on any atom is -0.484 e. The molecule has 0 bridgehead atoms. The van der Waals surface area contributed by atoms with Crippen LogP contribution in [-0.2, 0) is 9.59 Å². The van der Waals surface area contributed by atoms with Gasteiger partial charge in [0.25, 0.3) is 5.91 Å². The zero-order valence-corrected chi connectivity index (χ0v) is 11.8. The zero-order valence-electron chi connectivity index (χ0n) is 11.8. The summed E-state index contributed by atoms with van der Waals surface area (Å²) < 4.78 is 5.49. The Balaban J connectivity index is 1.96. The minimum atomic E-state index is -0.942. The average molecular weight is 277 g/mol. The molecule has 1 atom stereocenters. The number of hydrogen-bond donors (Lipinski definition) is 1. The van der Waals surface area contributed by atoms with Crippen LogP contribution in [0, 0.1) is 13.8 Å². The van der Waals surface area contributed by atoms with Gasteiger partial charge in [0, 0.05) is 6.54 Å². The molecule has 5 heteroatoms. The first-order chi connectivity index (χ1) is 9.47. The van der Waals surface area contributed by atoms with E-state index < -0.39 is 12.0 Å². The molecule has 1 amide bonds. The number of rotatable bonds is 4. The molecule has 1 N–H and O–H groups in total. The monoisotopic (exact) mass is 277 g/mol. The van der Waals surface area contributed by atoms with Crippen molar-refractivity contribution in [2.75, 3.05) is 13.2 Å². The highest BCUT2D eigenvalue weighted by Gasteiger charge is 2.33. The lowest BCUT2D eigenvalue weighted by molar-refractivity contribution is -0.148.